The lowest BCUT2D eigenvalue weighted by Crippen LogP contribution is -2.13. The quantitative estimate of drug-likeness (QED) is 0.732. The maximum Gasteiger partial charge on any atom is 0.134 e. The predicted molar refractivity (Wildman–Crippen MR) is 86.9 cm³/mol. The molecular weight excluding hydrogens is 333 g/mol. The first-order valence-corrected chi connectivity index (χ1v) is 7.84. The number of nitrogens with one attached hydrogen (secondary N) is 1. The summed E-state index contributed by atoms with van der Waals surface area (Å²) in [5.41, 5.74) is 2.35. The van der Waals surface area contributed by atoms with Crippen molar-refractivity contribution in [3.05, 3.63) is 63.9 Å². The number of halogens is 2. The van der Waals surface area contributed by atoms with Crippen molar-refractivity contribution in [2.75, 3.05) is 6.54 Å². The molecule has 1 N–H and O–H groups in total. The molecule has 0 aliphatic carbocycles. The standard InChI is InChI=1S/C17H19BrFNO/c1-2-9-20-11-13-3-5-14(6-4-13)12-21-17-8-7-15(19)10-16(17)18/h3-8,10,20H,2,9,11-12H2,1H3. The second-order valence-electron chi connectivity index (χ2n) is 4.86. The molecular formula is C17H19BrFNO. The van der Waals surface area contributed by atoms with Gasteiger partial charge in [-0.15, -0.1) is 0 Å². The predicted octanol–water partition coefficient (Wildman–Crippen LogP) is 4.67. The third-order valence-corrected chi connectivity index (χ3v) is 3.69. The van der Waals surface area contributed by atoms with Crippen molar-refractivity contribution < 1.29 is 9.13 Å². The maximum absolute atomic E-state index is 13.0. The highest BCUT2D eigenvalue weighted by Crippen LogP contribution is 2.26. The van der Waals surface area contributed by atoms with Gasteiger partial charge in [0.15, 0.2) is 0 Å². The Kier molecular flexibility index (Phi) is 6.21. The third kappa shape index (κ3) is 5.14. The summed E-state index contributed by atoms with van der Waals surface area (Å²) in [7, 11) is 0. The highest BCUT2D eigenvalue weighted by Gasteiger charge is 2.03. The van der Waals surface area contributed by atoms with Crippen LogP contribution in [0.25, 0.3) is 0 Å². The molecule has 21 heavy (non-hydrogen) atoms. The molecule has 2 rings (SSSR count). The van der Waals surface area contributed by atoms with E-state index in [0.717, 1.165) is 25.1 Å². The van der Waals surface area contributed by atoms with Crippen LogP contribution >= 0.6 is 15.9 Å². The van der Waals surface area contributed by atoms with Gasteiger partial charge in [0.2, 0.25) is 0 Å². The largest absolute Gasteiger partial charge is 0.488 e. The summed E-state index contributed by atoms with van der Waals surface area (Å²) in [4.78, 5) is 0. The summed E-state index contributed by atoms with van der Waals surface area (Å²) in [6.07, 6.45) is 1.14. The van der Waals surface area contributed by atoms with Gasteiger partial charge in [0, 0.05) is 6.54 Å². The molecule has 0 aromatic heterocycles. The Morgan fingerprint density at radius 2 is 1.81 bits per heavy atom. The second-order valence-corrected chi connectivity index (χ2v) is 5.71. The van der Waals surface area contributed by atoms with E-state index in [2.05, 4.69) is 52.4 Å². The summed E-state index contributed by atoms with van der Waals surface area (Å²) in [6, 6.07) is 12.7. The molecule has 0 atom stereocenters. The van der Waals surface area contributed by atoms with E-state index < -0.39 is 0 Å². The summed E-state index contributed by atoms with van der Waals surface area (Å²) < 4.78 is 19.3. The lowest BCUT2D eigenvalue weighted by atomic mass is 10.1. The van der Waals surface area contributed by atoms with E-state index in [1.807, 2.05) is 0 Å². The van der Waals surface area contributed by atoms with Crippen LogP contribution in [0.4, 0.5) is 4.39 Å². The van der Waals surface area contributed by atoms with Crippen molar-refractivity contribution in [3.8, 4) is 5.75 Å². The molecule has 2 aromatic carbocycles. The zero-order valence-electron chi connectivity index (χ0n) is 12.0. The molecule has 0 saturated heterocycles. The minimum Gasteiger partial charge on any atom is -0.488 e. The van der Waals surface area contributed by atoms with E-state index in [4.69, 9.17) is 4.74 Å². The Balaban J connectivity index is 1.88. The van der Waals surface area contributed by atoms with Crippen LogP contribution in [0.2, 0.25) is 0 Å². The van der Waals surface area contributed by atoms with Gasteiger partial charge in [0.1, 0.15) is 18.2 Å². The summed E-state index contributed by atoms with van der Waals surface area (Å²) in [6.45, 7) is 4.54. The fourth-order valence-electron chi connectivity index (χ4n) is 1.92. The smallest absolute Gasteiger partial charge is 0.134 e. The Labute approximate surface area is 133 Å². The van der Waals surface area contributed by atoms with Crippen molar-refractivity contribution >= 4 is 15.9 Å². The van der Waals surface area contributed by atoms with Gasteiger partial charge in [-0.2, -0.15) is 0 Å². The Bertz CT molecular complexity index is 572. The first kappa shape index (κ1) is 16.0. The Hall–Kier alpha value is -1.39. The van der Waals surface area contributed by atoms with Crippen molar-refractivity contribution in [2.45, 2.75) is 26.5 Å². The molecule has 0 spiro atoms. The average Bonchev–Trinajstić information content (AvgIpc) is 2.48. The highest BCUT2D eigenvalue weighted by atomic mass is 79.9. The van der Waals surface area contributed by atoms with Gasteiger partial charge in [-0.05, 0) is 58.2 Å². The topological polar surface area (TPSA) is 21.3 Å². The van der Waals surface area contributed by atoms with Gasteiger partial charge in [-0.1, -0.05) is 31.2 Å². The fourth-order valence-corrected chi connectivity index (χ4v) is 2.38. The Morgan fingerprint density at radius 3 is 2.48 bits per heavy atom. The first-order chi connectivity index (χ1) is 10.2. The fraction of sp³-hybridized carbons (Fsp3) is 0.294. The van der Waals surface area contributed by atoms with Crippen molar-refractivity contribution in [1.29, 1.82) is 0 Å². The molecule has 2 nitrogen and oxygen atoms in total. The lowest BCUT2D eigenvalue weighted by molar-refractivity contribution is 0.303. The van der Waals surface area contributed by atoms with Crippen molar-refractivity contribution in [2.24, 2.45) is 0 Å². The lowest BCUT2D eigenvalue weighted by Gasteiger charge is -2.09. The molecule has 0 bridgehead atoms. The average molecular weight is 352 g/mol. The van der Waals surface area contributed by atoms with Crippen LogP contribution in [-0.4, -0.2) is 6.54 Å². The van der Waals surface area contributed by atoms with Gasteiger partial charge in [-0.3, -0.25) is 0 Å². The van der Waals surface area contributed by atoms with Gasteiger partial charge >= 0.3 is 0 Å². The van der Waals surface area contributed by atoms with E-state index in [9.17, 15) is 4.39 Å². The van der Waals surface area contributed by atoms with Crippen LogP contribution in [0.15, 0.2) is 46.9 Å². The summed E-state index contributed by atoms with van der Waals surface area (Å²) in [5.74, 6) is 0.364. The monoisotopic (exact) mass is 351 g/mol. The number of benzene rings is 2. The van der Waals surface area contributed by atoms with Crippen LogP contribution in [-0.2, 0) is 13.2 Å². The van der Waals surface area contributed by atoms with E-state index in [1.54, 1.807) is 6.07 Å². The van der Waals surface area contributed by atoms with Crippen LogP contribution in [0.5, 0.6) is 5.75 Å². The minimum absolute atomic E-state index is 0.279. The van der Waals surface area contributed by atoms with Gasteiger partial charge in [-0.25, -0.2) is 4.39 Å². The first-order valence-electron chi connectivity index (χ1n) is 7.05. The molecule has 0 saturated carbocycles. The van der Waals surface area contributed by atoms with Crippen molar-refractivity contribution in [1.82, 2.24) is 5.32 Å². The van der Waals surface area contributed by atoms with Crippen LogP contribution in [0.1, 0.15) is 24.5 Å². The van der Waals surface area contributed by atoms with Gasteiger partial charge in [0.05, 0.1) is 4.47 Å². The molecule has 0 fully saturated rings. The van der Waals surface area contributed by atoms with Crippen LogP contribution < -0.4 is 10.1 Å². The summed E-state index contributed by atoms with van der Waals surface area (Å²) in [5, 5.41) is 3.37. The maximum atomic E-state index is 13.0. The van der Waals surface area contributed by atoms with E-state index >= 15 is 0 Å². The molecule has 0 aliphatic heterocycles. The van der Waals surface area contributed by atoms with Gasteiger partial charge in [0.25, 0.3) is 0 Å². The Morgan fingerprint density at radius 1 is 1.10 bits per heavy atom. The number of hydrogen-bond donors (Lipinski definition) is 1. The third-order valence-electron chi connectivity index (χ3n) is 3.07. The molecule has 0 aliphatic rings. The number of hydrogen-bond acceptors (Lipinski definition) is 2. The molecule has 0 heterocycles. The molecule has 0 radical (unpaired) electrons. The molecule has 0 unspecified atom stereocenters. The highest BCUT2D eigenvalue weighted by molar-refractivity contribution is 9.10. The molecule has 0 amide bonds. The van der Waals surface area contributed by atoms with Crippen molar-refractivity contribution in [3.63, 3.8) is 0 Å². The van der Waals surface area contributed by atoms with Gasteiger partial charge < -0.3 is 10.1 Å². The molecule has 4 heteroatoms. The zero-order chi connectivity index (χ0) is 15.1. The van der Waals surface area contributed by atoms with Crippen LogP contribution in [0.3, 0.4) is 0 Å². The number of rotatable bonds is 7. The van der Waals surface area contributed by atoms with Crippen LogP contribution in [0, 0.1) is 5.82 Å². The normalized spacial score (nSPS) is 10.6. The zero-order valence-corrected chi connectivity index (χ0v) is 13.6. The number of ether oxygens (including phenoxy) is 1. The van der Waals surface area contributed by atoms with E-state index in [0.29, 0.717) is 16.8 Å². The second kappa shape index (κ2) is 8.15. The SMILES string of the molecule is CCCNCc1ccc(COc2ccc(F)cc2Br)cc1. The van der Waals surface area contributed by atoms with E-state index in [1.165, 1.54) is 17.7 Å². The van der Waals surface area contributed by atoms with E-state index in [-0.39, 0.29) is 5.82 Å². The molecule has 2 aromatic rings. The summed E-state index contributed by atoms with van der Waals surface area (Å²) >= 11 is 3.29. The molecule has 112 valence electrons. The minimum atomic E-state index is -0.279.